The van der Waals surface area contributed by atoms with Gasteiger partial charge in [-0.25, -0.2) is 4.99 Å². The van der Waals surface area contributed by atoms with E-state index in [1.54, 1.807) is 30.2 Å². The molecule has 9 aromatic rings. The van der Waals surface area contributed by atoms with Gasteiger partial charge in [-0.2, -0.15) is 12.6 Å². The van der Waals surface area contributed by atoms with Gasteiger partial charge in [-0.15, -0.1) is 11.8 Å². The van der Waals surface area contributed by atoms with Crippen molar-refractivity contribution in [2.45, 2.75) is 66.7 Å². The van der Waals surface area contributed by atoms with Crippen molar-refractivity contribution < 1.29 is 0 Å². The Bertz CT molecular complexity index is 3400. The predicted molar refractivity (Wildman–Crippen MR) is 333 cm³/mol. The fraction of sp³-hybridized carbons (Fsp3) is 0.174. The molecule has 0 atom stereocenters. The van der Waals surface area contributed by atoms with Gasteiger partial charge in [0.1, 0.15) is 5.04 Å². The molecule has 2 nitrogen and oxygen atoms in total. The minimum atomic E-state index is 0.00711. The third kappa shape index (κ3) is 12.4. The molecule has 73 heavy (non-hydrogen) atoms. The van der Waals surface area contributed by atoms with Gasteiger partial charge in [0.05, 0.1) is 11.0 Å². The maximum Gasteiger partial charge on any atom is 0.103 e. The number of aromatic nitrogens is 1. The molecule has 0 radical (unpaired) electrons. The van der Waals surface area contributed by atoms with E-state index in [2.05, 4.69) is 234 Å². The Kier molecular flexibility index (Phi) is 20.1. The van der Waals surface area contributed by atoms with Crippen molar-refractivity contribution in [2.75, 3.05) is 12.5 Å². The van der Waals surface area contributed by atoms with Gasteiger partial charge in [0.25, 0.3) is 0 Å². The molecule has 0 fully saturated rings. The second-order valence-electron chi connectivity index (χ2n) is 17.9. The first-order valence-electron chi connectivity index (χ1n) is 25.4. The number of hydrogen-bond acceptors (Lipinski definition) is 3. The third-order valence-corrected chi connectivity index (χ3v) is 13.7. The molecule has 0 spiro atoms. The van der Waals surface area contributed by atoms with Crippen molar-refractivity contribution in [1.29, 1.82) is 0 Å². The second kappa shape index (κ2) is 26.5. The van der Waals surface area contributed by atoms with Crippen LogP contribution in [0.15, 0.2) is 237 Å². The smallest absolute Gasteiger partial charge is 0.103 e. The lowest BCUT2D eigenvalue weighted by molar-refractivity contribution is 0.660. The van der Waals surface area contributed by atoms with Gasteiger partial charge in [0.15, 0.2) is 0 Å². The van der Waals surface area contributed by atoms with Crippen LogP contribution in [0.4, 0.5) is 0 Å². The van der Waals surface area contributed by atoms with E-state index in [1.807, 2.05) is 52.0 Å². The van der Waals surface area contributed by atoms with Crippen LogP contribution < -0.4 is 0 Å². The van der Waals surface area contributed by atoms with Crippen molar-refractivity contribution >= 4 is 62.0 Å². The molecule has 0 unspecified atom stereocenters. The van der Waals surface area contributed by atoms with Gasteiger partial charge in [-0.1, -0.05) is 231 Å². The first-order chi connectivity index (χ1) is 35.6. The number of thioether (sulfide) groups is 1. The van der Waals surface area contributed by atoms with E-state index in [1.165, 1.54) is 88.2 Å². The molecule has 370 valence electrons. The minimum absolute atomic E-state index is 0.00711. The lowest BCUT2D eigenvalue weighted by Crippen LogP contribution is -2.14. The van der Waals surface area contributed by atoms with E-state index in [0.717, 1.165) is 34.8 Å². The van der Waals surface area contributed by atoms with Crippen LogP contribution in [0.25, 0.3) is 82.8 Å². The molecule has 0 saturated carbocycles. The minimum Gasteiger partial charge on any atom is -0.309 e. The number of fused-ring (bicyclic) bond motifs is 7. The third-order valence-electron chi connectivity index (χ3n) is 13.0. The Labute approximate surface area is 446 Å². The molecule has 1 aromatic heterocycles. The Hall–Kier alpha value is -7.11. The Morgan fingerprint density at radius 3 is 1.71 bits per heavy atom. The van der Waals surface area contributed by atoms with Crippen LogP contribution in [-0.4, -0.2) is 22.1 Å². The quantitative estimate of drug-likeness (QED) is 0.0625. The largest absolute Gasteiger partial charge is 0.309 e. The first kappa shape index (κ1) is 55.2. The number of aliphatic imine (C=N–C) groups is 1. The monoisotopic (exact) mass is 993 g/mol. The molecule has 0 saturated heterocycles. The van der Waals surface area contributed by atoms with Gasteiger partial charge < -0.3 is 4.57 Å². The number of allylic oxidation sites excluding steroid dienone is 7. The number of nitrogens with zero attached hydrogens (tertiary/aromatic N) is 2. The highest BCUT2D eigenvalue weighted by molar-refractivity contribution is 8.13. The van der Waals surface area contributed by atoms with Crippen molar-refractivity contribution in [2.24, 2.45) is 4.99 Å². The van der Waals surface area contributed by atoms with E-state index >= 15 is 0 Å². The van der Waals surface area contributed by atoms with E-state index in [-0.39, 0.29) is 5.41 Å². The van der Waals surface area contributed by atoms with Crippen molar-refractivity contribution in [3.63, 3.8) is 0 Å². The maximum atomic E-state index is 4.83. The fourth-order valence-corrected chi connectivity index (χ4v) is 10.1. The summed E-state index contributed by atoms with van der Waals surface area (Å²) in [6.07, 6.45) is 16.9. The highest BCUT2D eigenvalue weighted by Crippen LogP contribution is 2.49. The highest BCUT2D eigenvalue weighted by atomic mass is 32.2. The highest BCUT2D eigenvalue weighted by Gasteiger charge is 2.35. The molecule has 8 aromatic carbocycles. The second-order valence-corrected chi connectivity index (χ2v) is 18.7. The predicted octanol–water partition coefficient (Wildman–Crippen LogP) is 20.7. The number of hydrogen-bond donors (Lipinski definition) is 1. The molecular weight excluding hydrogens is 921 g/mol. The summed E-state index contributed by atoms with van der Waals surface area (Å²) < 4.78 is 2.44. The molecule has 0 aliphatic heterocycles. The average Bonchev–Trinajstić information content (AvgIpc) is 3.88. The summed E-state index contributed by atoms with van der Waals surface area (Å²) >= 11 is 5.20. The molecule has 0 amide bonds. The van der Waals surface area contributed by atoms with Gasteiger partial charge >= 0.3 is 0 Å². The molecule has 1 aliphatic carbocycles. The van der Waals surface area contributed by atoms with Gasteiger partial charge in [-0.3, -0.25) is 0 Å². The van der Waals surface area contributed by atoms with Crippen molar-refractivity contribution in [1.82, 2.24) is 4.57 Å². The van der Waals surface area contributed by atoms with Gasteiger partial charge in [0.2, 0.25) is 0 Å². The summed E-state index contributed by atoms with van der Waals surface area (Å²) in [5.74, 6) is 0. The lowest BCUT2D eigenvalue weighted by Gasteiger charge is -2.21. The molecule has 1 heterocycles. The van der Waals surface area contributed by atoms with Crippen LogP contribution >= 0.6 is 24.4 Å². The van der Waals surface area contributed by atoms with Crippen molar-refractivity contribution in [3.05, 3.63) is 248 Å². The van der Waals surface area contributed by atoms with Gasteiger partial charge in [-0.05, 0) is 136 Å². The molecule has 10 rings (SSSR count). The first-order valence-corrected chi connectivity index (χ1v) is 27.5. The number of rotatable bonds is 10. The van der Waals surface area contributed by atoms with E-state index < -0.39 is 0 Å². The molecule has 1 aliphatic rings. The van der Waals surface area contributed by atoms with E-state index in [0.29, 0.717) is 0 Å². The zero-order valence-electron chi connectivity index (χ0n) is 44.4. The molecule has 0 N–H and O–H groups in total. The Morgan fingerprint density at radius 1 is 0.575 bits per heavy atom. The molecule has 4 heteroatoms. The van der Waals surface area contributed by atoms with Crippen LogP contribution in [0, 0.1) is 0 Å². The van der Waals surface area contributed by atoms with Gasteiger partial charge in [0, 0.05) is 33.1 Å². The summed E-state index contributed by atoms with van der Waals surface area (Å²) in [6.45, 7) is 25.9. The Morgan fingerprint density at radius 2 is 1.11 bits per heavy atom. The van der Waals surface area contributed by atoms with E-state index in [9.17, 15) is 0 Å². The number of benzene rings is 8. The van der Waals surface area contributed by atoms with Crippen LogP contribution in [-0.2, 0) is 5.41 Å². The molecule has 0 bridgehead atoms. The summed E-state index contributed by atoms with van der Waals surface area (Å²) in [4.78, 5) is 4.83. The maximum absolute atomic E-state index is 4.83. The molecular formula is C69H72N2S2. The topological polar surface area (TPSA) is 17.3 Å². The standard InChI is InChI=1S/C56H46N2S.2C5H8.C2H6.CH4S/c1-6-11-36(2)57-55(59-5)41-22-20-39(21-23-41)44-27-31-53-50(34-44)48-29-25-45(35-54(48)58(53)46-28-24-37-12-7-8-13-42(37)32-46)40-18-16-38(17-19-40)43-26-30-52-49(33-43)47-14-9-10-15-51(47)56(52,3)4;2*1-3-5-4-2;2*1-2/h7-10,12-35H,2,6,11H2,1,3-5H3;2*3-5H,1H2,2H3;1-2H3;2H,1H3/b;2*5-4-;;. The summed E-state index contributed by atoms with van der Waals surface area (Å²) in [7, 11) is 0. The van der Waals surface area contributed by atoms with Crippen molar-refractivity contribution in [3.8, 4) is 50.2 Å². The summed E-state index contributed by atoms with van der Waals surface area (Å²) in [5, 5.41) is 5.95. The number of thiol groups is 1. The van der Waals surface area contributed by atoms with E-state index in [4.69, 9.17) is 4.99 Å². The normalized spacial score (nSPS) is 12.1. The van der Waals surface area contributed by atoms with Crippen LogP contribution in [0.3, 0.4) is 0 Å². The average molecular weight is 993 g/mol. The lowest BCUT2D eigenvalue weighted by atomic mass is 9.82. The van der Waals surface area contributed by atoms with Crippen LogP contribution in [0.1, 0.15) is 78.0 Å². The zero-order valence-corrected chi connectivity index (χ0v) is 46.1. The summed E-state index contributed by atoms with van der Waals surface area (Å²) in [5.41, 5.74) is 18.4. The fourth-order valence-electron chi connectivity index (χ4n) is 9.52. The SMILES string of the molecule is C=C(CCC)N=C(SC)c1ccc(-c2ccc3c(c2)c2ccc(-c4ccc(-c5ccc6c(c5)-c5ccccc5C6(C)C)cc4)cc2n3-c2ccc3ccccc3c2)cc1.C=C/C=C\C.C=C/C=C\C.CC.CS. The van der Waals surface area contributed by atoms with Crippen LogP contribution in [0.5, 0.6) is 0 Å². The Balaban J connectivity index is 0.000000557. The zero-order chi connectivity index (χ0) is 52.5. The summed E-state index contributed by atoms with van der Waals surface area (Å²) in [6, 6.07) is 63.1. The van der Waals surface area contributed by atoms with Crippen LogP contribution in [0.2, 0.25) is 0 Å².